The van der Waals surface area contributed by atoms with Gasteiger partial charge in [-0.05, 0) is 57.2 Å². The van der Waals surface area contributed by atoms with E-state index in [2.05, 4.69) is 10.6 Å². The van der Waals surface area contributed by atoms with Gasteiger partial charge in [-0.3, -0.25) is 0 Å². The van der Waals surface area contributed by atoms with Gasteiger partial charge in [0.25, 0.3) is 0 Å². The first-order valence-corrected chi connectivity index (χ1v) is 8.35. The molecule has 0 fully saturated rings. The maximum absolute atomic E-state index is 12.0. The highest BCUT2D eigenvalue weighted by molar-refractivity contribution is 6.00. The molecule has 0 heterocycles. The zero-order valence-corrected chi connectivity index (χ0v) is 15.4. The maximum Gasteiger partial charge on any atom is 0.344 e. The van der Waals surface area contributed by atoms with Crippen LogP contribution in [-0.2, 0) is 14.3 Å². The third-order valence-electron chi connectivity index (χ3n) is 3.15. The molecule has 0 saturated carbocycles. The molecule has 2 N–H and O–H groups in total. The third kappa shape index (κ3) is 7.19. The Bertz CT molecular complexity index is 795. The molecule has 0 aliphatic heterocycles. The van der Waals surface area contributed by atoms with Crippen molar-refractivity contribution in [3.63, 3.8) is 0 Å². The highest BCUT2D eigenvalue weighted by Gasteiger charge is 2.18. The van der Waals surface area contributed by atoms with E-state index in [-0.39, 0.29) is 5.56 Å². The average molecular weight is 370 g/mol. The fourth-order valence-electron chi connectivity index (χ4n) is 2.08. The summed E-state index contributed by atoms with van der Waals surface area (Å²) in [5.74, 6) is -1.27. The first kappa shape index (κ1) is 20.0. The summed E-state index contributed by atoms with van der Waals surface area (Å²) in [4.78, 5) is 35.5. The van der Waals surface area contributed by atoms with Crippen molar-refractivity contribution in [3.8, 4) is 0 Å². The number of esters is 2. The van der Waals surface area contributed by atoms with Crippen molar-refractivity contribution in [3.05, 3.63) is 60.2 Å². The molecule has 0 aliphatic rings. The lowest BCUT2D eigenvalue weighted by Crippen LogP contribution is -2.27. The molecule has 142 valence electrons. The van der Waals surface area contributed by atoms with Crippen LogP contribution in [0.5, 0.6) is 0 Å². The highest BCUT2D eigenvalue weighted by Crippen LogP contribution is 2.13. The van der Waals surface area contributed by atoms with E-state index in [9.17, 15) is 14.4 Å². The summed E-state index contributed by atoms with van der Waals surface area (Å²) in [5.41, 5.74) is 0.786. The Hall–Kier alpha value is -3.35. The van der Waals surface area contributed by atoms with Crippen LogP contribution in [-0.4, -0.2) is 30.2 Å². The van der Waals surface area contributed by atoms with Crippen LogP contribution in [0.2, 0.25) is 0 Å². The van der Waals surface area contributed by atoms with Crippen LogP contribution in [0, 0.1) is 0 Å². The molecule has 0 radical (unpaired) electrons. The molecule has 0 saturated heterocycles. The Morgan fingerprint density at radius 2 is 1.41 bits per heavy atom. The molecular formula is C20H22N2O5. The number of hydrogen-bond donors (Lipinski definition) is 2. The fourth-order valence-corrected chi connectivity index (χ4v) is 2.08. The van der Waals surface area contributed by atoms with Crippen LogP contribution in [0.4, 0.5) is 16.2 Å². The van der Waals surface area contributed by atoms with Crippen LogP contribution in [0.3, 0.4) is 0 Å². The van der Waals surface area contributed by atoms with Crippen LogP contribution in [0.1, 0.15) is 31.1 Å². The van der Waals surface area contributed by atoms with Gasteiger partial charge in [0.1, 0.15) is 5.60 Å². The number of para-hydroxylation sites is 1. The normalized spacial score (nSPS) is 10.6. The summed E-state index contributed by atoms with van der Waals surface area (Å²) in [7, 11) is 0. The van der Waals surface area contributed by atoms with Crippen molar-refractivity contribution in [1.82, 2.24) is 0 Å². The Labute approximate surface area is 157 Å². The molecule has 0 spiro atoms. The zero-order chi connectivity index (χ0) is 19.9. The Morgan fingerprint density at radius 1 is 0.852 bits per heavy atom. The second kappa shape index (κ2) is 8.84. The molecule has 2 rings (SSSR count). The quantitative estimate of drug-likeness (QED) is 0.780. The topological polar surface area (TPSA) is 93.7 Å². The van der Waals surface area contributed by atoms with E-state index in [4.69, 9.17) is 9.47 Å². The molecule has 7 heteroatoms. The van der Waals surface area contributed by atoms with E-state index in [1.54, 1.807) is 45.0 Å². The third-order valence-corrected chi connectivity index (χ3v) is 3.15. The highest BCUT2D eigenvalue weighted by atomic mass is 16.6. The SMILES string of the molecule is CC(C)(C)OC(=O)COC(=O)c1ccc(NC(=O)Nc2ccccc2)cc1. The minimum Gasteiger partial charge on any atom is -0.457 e. The molecule has 0 bridgehead atoms. The smallest absolute Gasteiger partial charge is 0.344 e. The van der Waals surface area contributed by atoms with Crippen molar-refractivity contribution in [2.24, 2.45) is 0 Å². The molecule has 7 nitrogen and oxygen atoms in total. The van der Waals surface area contributed by atoms with Gasteiger partial charge in [-0.2, -0.15) is 0 Å². The summed E-state index contributed by atoms with van der Waals surface area (Å²) in [6.07, 6.45) is 0. The van der Waals surface area contributed by atoms with Gasteiger partial charge in [0.15, 0.2) is 6.61 Å². The number of hydrogen-bond acceptors (Lipinski definition) is 5. The van der Waals surface area contributed by atoms with E-state index in [1.165, 1.54) is 12.1 Å². The van der Waals surface area contributed by atoms with Crippen molar-refractivity contribution >= 4 is 29.3 Å². The van der Waals surface area contributed by atoms with Crippen molar-refractivity contribution in [1.29, 1.82) is 0 Å². The fraction of sp³-hybridized carbons (Fsp3) is 0.250. The van der Waals surface area contributed by atoms with E-state index >= 15 is 0 Å². The van der Waals surface area contributed by atoms with Crippen molar-refractivity contribution in [2.75, 3.05) is 17.2 Å². The monoisotopic (exact) mass is 370 g/mol. The van der Waals surface area contributed by atoms with Gasteiger partial charge >= 0.3 is 18.0 Å². The predicted molar refractivity (Wildman–Crippen MR) is 102 cm³/mol. The number of carbonyl (C=O) groups is 3. The van der Waals surface area contributed by atoms with Crippen molar-refractivity contribution < 1.29 is 23.9 Å². The largest absolute Gasteiger partial charge is 0.457 e. The van der Waals surface area contributed by atoms with Gasteiger partial charge in [-0.25, -0.2) is 14.4 Å². The van der Waals surface area contributed by atoms with Crippen LogP contribution in [0.15, 0.2) is 54.6 Å². The molecule has 2 amide bonds. The lowest BCUT2D eigenvalue weighted by molar-refractivity contribution is -0.158. The van der Waals surface area contributed by atoms with Gasteiger partial charge in [0.05, 0.1) is 5.56 Å². The van der Waals surface area contributed by atoms with Crippen molar-refractivity contribution in [2.45, 2.75) is 26.4 Å². The number of urea groups is 1. The summed E-state index contributed by atoms with van der Waals surface area (Å²) < 4.78 is 9.99. The van der Waals surface area contributed by atoms with Crippen LogP contribution in [0.25, 0.3) is 0 Å². The van der Waals surface area contributed by atoms with E-state index < -0.39 is 30.2 Å². The molecule has 2 aromatic carbocycles. The first-order chi connectivity index (χ1) is 12.7. The number of carbonyl (C=O) groups excluding carboxylic acids is 3. The molecule has 0 atom stereocenters. The minimum absolute atomic E-state index is 0.257. The summed E-state index contributed by atoms with van der Waals surface area (Å²) in [6.45, 7) is 4.72. The zero-order valence-electron chi connectivity index (χ0n) is 15.4. The lowest BCUT2D eigenvalue weighted by atomic mass is 10.2. The second-order valence-electron chi connectivity index (χ2n) is 6.69. The first-order valence-electron chi connectivity index (χ1n) is 8.35. The molecule has 0 unspecified atom stereocenters. The van der Waals surface area contributed by atoms with Gasteiger partial charge in [-0.15, -0.1) is 0 Å². The maximum atomic E-state index is 12.0. The van der Waals surface area contributed by atoms with Gasteiger partial charge < -0.3 is 20.1 Å². The summed E-state index contributed by atoms with van der Waals surface area (Å²) in [6, 6.07) is 14.7. The Balaban J connectivity index is 1.84. The van der Waals surface area contributed by atoms with E-state index in [0.29, 0.717) is 11.4 Å². The molecule has 27 heavy (non-hydrogen) atoms. The van der Waals surface area contributed by atoms with Gasteiger partial charge in [0.2, 0.25) is 0 Å². The predicted octanol–water partition coefficient (Wildman–Crippen LogP) is 3.83. The molecule has 0 aliphatic carbocycles. The molecular weight excluding hydrogens is 348 g/mol. The minimum atomic E-state index is -0.652. The Morgan fingerprint density at radius 3 is 1.96 bits per heavy atom. The van der Waals surface area contributed by atoms with E-state index in [0.717, 1.165) is 0 Å². The second-order valence-corrected chi connectivity index (χ2v) is 6.69. The number of rotatable bonds is 5. The average Bonchev–Trinajstić information content (AvgIpc) is 2.59. The lowest BCUT2D eigenvalue weighted by Gasteiger charge is -2.19. The number of amides is 2. The summed E-state index contributed by atoms with van der Waals surface area (Å²) >= 11 is 0. The standard InChI is InChI=1S/C20H22N2O5/c1-20(2,3)27-17(23)13-26-18(24)14-9-11-16(12-10-14)22-19(25)21-15-7-5-4-6-8-15/h4-12H,13H2,1-3H3,(H2,21,22,25). The van der Waals surface area contributed by atoms with Crippen LogP contribution >= 0.6 is 0 Å². The van der Waals surface area contributed by atoms with Crippen LogP contribution < -0.4 is 10.6 Å². The number of anilines is 2. The Kier molecular flexibility index (Phi) is 6.54. The number of benzene rings is 2. The molecule has 2 aromatic rings. The number of nitrogens with one attached hydrogen (secondary N) is 2. The number of ether oxygens (including phenoxy) is 2. The summed E-state index contributed by atoms with van der Waals surface area (Å²) in [5, 5.41) is 5.34. The molecule has 0 aromatic heterocycles. The van der Waals surface area contributed by atoms with Gasteiger partial charge in [-0.1, -0.05) is 18.2 Å². The van der Waals surface area contributed by atoms with E-state index in [1.807, 2.05) is 18.2 Å². The van der Waals surface area contributed by atoms with Gasteiger partial charge in [0, 0.05) is 11.4 Å².